The molecular weight excluding hydrogens is 489 g/mol. The van der Waals surface area contributed by atoms with Gasteiger partial charge in [-0.1, -0.05) is 36.6 Å². The summed E-state index contributed by atoms with van der Waals surface area (Å²) in [5, 5.41) is 1.42. The first-order valence-corrected chi connectivity index (χ1v) is 13.7. The maximum absolute atomic E-state index is 14.0. The van der Waals surface area contributed by atoms with Crippen LogP contribution in [0.25, 0.3) is 22.2 Å². The van der Waals surface area contributed by atoms with Gasteiger partial charge < -0.3 is 9.80 Å². The zero-order valence-electron chi connectivity index (χ0n) is 21.1. The summed E-state index contributed by atoms with van der Waals surface area (Å²) in [5.41, 5.74) is 3.00. The van der Waals surface area contributed by atoms with Gasteiger partial charge in [-0.15, -0.1) is 0 Å². The van der Waals surface area contributed by atoms with Gasteiger partial charge in [-0.25, -0.2) is 9.37 Å². The van der Waals surface area contributed by atoms with Crippen LogP contribution < -0.4 is 0 Å². The smallest absolute Gasteiger partial charge is 0.223 e. The first kappa shape index (κ1) is 25.7. The zero-order chi connectivity index (χ0) is 25.8. The molecule has 2 heterocycles. The highest BCUT2D eigenvalue weighted by Gasteiger charge is 2.25. The summed E-state index contributed by atoms with van der Waals surface area (Å²) in [7, 11) is 0. The number of hydrogen-bond donors (Lipinski definition) is 0. The molecule has 1 aliphatic heterocycles. The number of pyridine rings is 1. The average Bonchev–Trinajstić information content (AvgIpc) is 3.54. The van der Waals surface area contributed by atoms with Crippen molar-refractivity contribution in [2.45, 2.75) is 57.9 Å². The fourth-order valence-electron chi connectivity index (χ4n) is 5.67. The minimum atomic E-state index is -0.338. The van der Waals surface area contributed by atoms with E-state index in [9.17, 15) is 14.0 Å². The van der Waals surface area contributed by atoms with Gasteiger partial charge in [0.1, 0.15) is 5.82 Å². The second-order valence-corrected chi connectivity index (χ2v) is 10.8. The predicted molar refractivity (Wildman–Crippen MR) is 145 cm³/mol. The molecule has 0 radical (unpaired) electrons. The van der Waals surface area contributed by atoms with Crippen molar-refractivity contribution < 1.29 is 14.0 Å². The maximum Gasteiger partial charge on any atom is 0.223 e. The molecule has 5 rings (SSSR count). The number of amides is 2. The summed E-state index contributed by atoms with van der Waals surface area (Å²) in [6.07, 6.45) is 7.43. The molecule has 3 aromatic rings. The van der Waals surface area contributed by atoms with Crippen molar-refractivity contribution in [3.8, 4) is 11.3 Å². The van der Waals surface area contributed by atoms with Gasteiger partial charge in [0.2, 0.25) is 11.8 Å². The third kappa shape index (κ3) is 6.30. The highest BCUT2D eigenvalue weighted by Crippen LogP contribution is 2.31. The van der Waals surface area contributed by atoms with E-state index in [1.807, 2.05) is 40.1 Å². The SMILES string of the molecule is O=C1CCCN1CCCN(Cc1cc2ccc(F)cc2nc1-c1cccc(Cl)c1)C(=O)CC1CCCC1. The number of benzene rings is 2. The van der Waals surface area contributed by atoms with E-state index in [0.717, 1.165) is 48.7 Å². The van der Waals surface area contributed by atoms with Crippen LogP contribution in [0.3, 0.4) is 0 Å². The normalized spacial score (nSPS) is 16.2. The molecule has 7 heteroatoms. The van der Waals surface area contributed by atoms with E-state index in [0.29, 0.717) is 54.6 Å². The molecule has 0 spiro atoms. The molecule has 0 atom stereocenters. The van der Waals surface area contributed by atoms with E-state index >= 15 is 0 Å². The van der Waals surface area contributed by atoms with Gasteiger partial charge >= 0.3 is 0 Å². The summed E-state index contributed by atoms with van der Waals surface area (Å²) in [6, 6.07) is 14.1. The van der Waals surface area contributed by atoms with Gasteiger partial charge in [0.05, 0.1) is 11.2 Å². The van der Waals surface area contributed by atoms with Crippen LogP contribution in [-0.2, 0) is 16.1 Å². The highest BCUT2D eigenvalue weighted by atomic mass is 35.5. The Balaban J connectivity index is 1.44. The summed E-state index contributed by atoms with van der Waals surface area (Å²) in [6.45, 7) is 2.45. The fraction of sp³-hybridized carbons (Fsp3) is 0.433. The summed E-state index contributed by atoms with van der Waals surface area (Å²) < 4.78 is 14.0. The first-order chi connectivity index (χ1) is 18.0. The largest absolute Gasteiger partial charge is 0.343 e. The Morgan fingerprint density at radius 3 is 2.70 bits per heavy atom. The molecule has 0 unspecified atom stereocenters. The molecule has 2 amide bonds. The lowest BCUT2D eigenvalue weighted by atomic mass is 10.0. The number of rotatable bonds is 9. The molecule has 2 aliphatic rings. The molecule has 1 aromatic heterocycles. The van der Waals surface area contributed by atoms with Gasteiger partial charge in [-0.3, -0.25) is 9.59 Å². The second-order valence-electron chi connectivity index (χ2n) is 10.4. The molecule has 2 aromatic carbocycles. The van der Waals surface area contributed by atoms with E-state index < -0.39 is 0 Å². The van der Waals surface area contributed by atoms with Crippen LogP contribution in [0.1, 0.15) is 56.9 Å². The Morgan fingerprint density at radius 2 is 1.95 bits per heavy atom. The summed E-state index contributed by atoms with van der Waals surface area (Å²) in [5.74, 6) is 0.462. The molecular formula is C30H33ClFN3O2. The van der Waals surface area contributed by atoms with Crippen molar-refractivity contribution in [1.82, 2.24) is 14.8 Å². The number of carbonyl (C=O) groups excluding carboxylic acids is 2. The number of fused-ring (bicyclic) bond motifs is 1. The molecule has 1 saturated heterocycles. The van der Waals surface area contributed by atoms with Crippen molar-refractivity contribution >= 4 is 34.3 Å². The maximum atomic E-state index is 14.0. The van der Waals surface area contributed by atoms with Crippen molar-refractivity contribution in [1.29, 1.82) is 0 Å². The van der Waals surface area contributed by atoms with E-state index in [1.54, 1.807) is 6.07 Å². The van der Waals surface area contributed by atoms with Crippen molar-refractivity contribution in [3.05, 3.63) is 64.9 Å². The quantitative estimate of drug-likeness (QED) is 0.318. The summed E-state index contributed by atoms with van der Waals surface area (Å²) >= 11 is 6.30. The lowest BCUT2D eigenvalue weighted by Gasteiger charge is -2.27. The number of likely N-dealkylation sites (tertiary alicyclic amines) is 1. The topological polar surface area (TPSA) is 53.5 Å². The first-order valence-electron chi connectivity index (χ1n) is 13.4. The van der Waals surface area contributed by atoms with Crippen molar-refractivity contribution in [2.75, 3.05) is 19.6 Å². The van der Waals surface area contributed by atoms with Crippen molar-refractivity contribution in [3.63, 3.8) is 0 Å². The third-order valence-electron chi connectivity index (χ3n) is 7.64. The molecule has 0 bridgehead atoms. The fourth-order valence-corrected chi connectivity index (χ4v) is 5.86. The number of carbonyl (C=O) groups is 2. The van der Waals surface area contributed by atoms with Gasteiger partial charge in [0, 0.05) is 61.1 Å². The molecule has 2 fully saturated rings. The van der Waals surface area contributed by atoms with Crippen LogP contribution in [0.4, 0.5) is 4.39 Å². The second kappa shape index (κ2) is 11.6. The number of hydrogen-bond acceptors (Lipinski definition) is 3. The molecule has 37 heavy (non-hydrogen) atoms. The van der Waals surface area contributed by atoms with Crippen LogP contribution in [0, 0.1) is 11.7 Å². The molecule has 0 N–H and O–H groups in total. The standard InChI is InChI=1S/C30H33ClFN3O2/c31-25-9-3-8-23(18-25)30-24(17-22-11-12-26(32)19-27(22)33-30)20-35(29(37)16-21-6-1-2-7-21)15-5-14-34-13-4-10-28(34)36/h3,8-9,11-12,17-19,21H,1-2,4-7,10,13-16,20H2. The third-order valence-corrected chi connectivity index (χ3v) is 7.87. The van der Waals surface area contributed by atoms with Gasteiger partial charge in [-0.2, -0.15) is 0 Å². The Labute approximate surface area is 222 Å². The Bertz CT molecular complexity index is 1290. The molecule has 1 saturated carbocycles. The van der Waals surface area contributed by atoms with E-state index in [4.69, 9.17) is 16.6 Å². The average molecular weight is 522 g/mol. The van der Waals surface area contributed by atoms with Crippen molar-refractivity contribution in [2.24, 2.45) is 5.92 Å². The van der Waals surface area contributed by atoms with Gasteiger partial charge in [0.25, 0.3) is 0 Å². The van der Waals surface area contributed by atoms with Crippen LogP contribution in [0.2, 0.25) is 5.02 Å². The number of aromatic nitrogens is 1. The minimum absolute atomic E-state index is 0.149. The van der Waals surface area contributed by atoms with E-state index in [2.05, 4.69) is 0 Å². The molecule has 194 valence electrons. The zero-order valence-corrected chi connectivity index (χ0v) is 21.9. The lowest BCUT2D eigenvalue weighted by Crippen LogP contribution is -2.35. The van der Waals surface area contributed by atoms with Crippen LogP contribution in [-0.4, -0.2) is 46.2 Å². The molecule has 5 nitrogen and oxygen atoms in total. The summed E-state index contributed by atoms with van der Waals surface area (Å²) in [4.78, 5) is 34.3. The Morgan fingerprint density at radius 1 is 1.11 bits per heavy atom. The van der Waals surface area contributed by atoms with E-state index in [1.165, 1.54) is 25.0 Å². The monoisotopic (exact) mass is 521 g/mol. The Kier molecular flexibility index (Phi) is 8.04. The molecule has 1 aliphatic carbocycles. The minimum Gasteiger partial charge on any atom is -0.343 e. The van der Waals surface area contributed by atoms with Gasteiger partial charge in [-0.05, 0) is 67.5 Å². The number of nitrogens with zero attached hydrogens (tertiary/aromatic N) is 3. The Hall–Kier alpha value is -2.99. The van der Waals surface area contributed by atoms with E-state index in [-0.39, 0.29) is 17.6 Å². The van der Waals surface area contributed by atoms with Crippen LogP contribution in [0.5, 0.6) is 0 Å². The highest BCUT2D eigenvalue weighted by molar-refractivity contribution is 6.30. The predicted octanol–water partition coefficient (Wildman–Crippen LogP) is 6.62. The van der Waals surface area contributed by atoms with Gasteiger partial charge in [0.15, 0.2) is 0 Å². The lowest BCUT2D eigenvalue weighted by molar-refractivity contribution is -0.133. The van der Waals surface area contributed by atoms with Crippen LogP contribution >= 0.6 is 11.6 Å². The van der Waals surface area contributed by atoms with Crippen LogP contribution in [0.15, 0.2) is 48.5 Å². The number of halogens is 2.